The molecule has 1 saturated heterocycles. The summed E-state index contributed by atoms with van der Waals surface area (Å²) in [6.45, 7) is 1.06. The molecule has 3 N–H and O–H groups in total. The van der Waals surface area contributed by atoms with Crippen molar-refractivity contribution in [2.75, 3.05) is 32.6 Å². The van der Waals surface area contributed by atoms with Crippen molar-refractivity contribution in [3.8, 4) is 0 Å². The molecule has 1 aromatic heterocycles. The lowest BCUT2D eigenvalue weighted by Crippen LogP contribution is -2.39. The first-order valence-electron chi connectivity index (χ1n) is 6.43. The van der Waals surface area contributed by atoms with Gasteiger partial charge in [-0.2, -0.15) is 5.10 Å². The average molecular weight is 281 g/mol. The maximum absolute atomic E-state index is 12.1. The first-order valence-corrected chi connectivity index (χ1v) is 6.43. The molecule has 1 aliphatic heterocycles. The highest BCUT2D eigenvalue weighted by atomic mass is 16.5. The molecule has 2 amide bonds. The number of anilines is 1. The highest BCUT2D eigenvalue weighted by Gasteiger charge is 2.33. The largest absolute Gasteiger partial charge is 0.379 e. The van der Waals surface area contributed by atoms with Crippen molar-refractivity contribution >= 4 is 17.5 Å². The van der Waals surface area contributed by atoms with E-state index in [0.717, 1.165) is 0 Å². The molecule has 2 unspecified atom stereocenters. The van der Waals surface area contributed by atoms with Crippen LogP contribution in [0.3, 0.4) is 0 Å². The normalized spacial score (nSPS) is 21.7. The lowest BCUT2D eigenvalue weighted by atomic mass is 10.0. The molecular formula is C12H19N5O3. The number of likely N-dealkylation sites (N-methyl/N-ethyl adjacent to an activating group) is 2. The van der Waals surface area contributed by atoms with Crippen LogP contribution >= 0.6 is 0 Å². The lowest BCUT2D eigenvalue weighted by molar-refractivity contribution is -0.121. The van der Waals surface area contributed by atoms with E-state index < -0.39 is 0 Å². The second-order valence-corrected chi connectivity index (χ2v) is 4.63. The maximum Gasteiger partial charge on any atom is 0.241 e. The SMILES string of the molecule is CNC(=O)Cn1cc(NC(=O)C2COCC2NC)cn1. The van der Waals surface area contributed by atoms with E-state index in [9.17, 15) is 9.59 Å². The standard InChI is InChI=1S/C12H19N5O3/c1-13-10-7-20-6-9(10)12(19)16-8-3-15-17(4-8)5-11(18)14-2/h3-4,9-10,13H,5-7H2,1-2H3,(H,14,18)(H,16,19). The van der Waals surface area contributed by atoms with Crippen molar-refractivity contribution in [2.45, 2.75) is 12.6 Å². The van der Waals surface area contributed by atoms with E-state index in [0.29, 0.717) is 18.9 Å². The lowest BCUT2D eigenvalue weighted by Gasteiger charge is -2.15. The molecule has 0 saturated carbocycles. The fourth-order valence-electron chi connectivity index (χ4n) is 2.07. The minimum Gasteiger partial charge on any atom is -0.379 e. The maximum atomic E-state index is 12.1. The van der Waals surface area contributed by atoms with Crippen molar-refractivity contribution in [3.05, 3.63) is 12.4 Å². The topological polar surface area (TPSA) is 97.3 Å². The Labute approximate surface area is 116 Å². The van der Waals surface area contributed by atoms with Crippen LogP contribution in [0.15, 0.2) is 12.4 Å². The van der Waals surface area contributed by atoms with E-state index in [2.05, 4.69) is 21.0 Å². The number of nitrogens with zero attached hydrogens (tertiary/aromatic N) is 2. The number of amides is 2. The Kier molecular flexibility index (Phi) is 4.70. The number of nitrogens with one attached hydrogen (secondary N) is 3. The minimum atomic E-state index is -0.220. The summed E-state index contributed by atoms with van der Waals surface area (Å²) in [4.78, 5) is 23.3. The Morgan fingerprint density at radius 1 is 1.45 bits per heavy atom. The van der Waals surface area contributed by atoms with Crippen LogP contribution in [0.2, 0.25) is 0 Å². The molecule has 0 aromatic carbocycles. The van der Waals surface area contributed by atoms with Crippen LogP contribution < -0.4 is 16.0 Å². The molecule has 2 rings (SSSR count). The molecule has 2 atom stereocenters. The second-order valence-electron chi connectivity index (χ2n) is 4.63. The van der Waals surface area contributed by atoms with Crippen LogP contribution in [0.25, 0.3) is 0 Å². The van der Waals surface area contributed by atoms with Gasteiger partial charge < -0.3 is 20.7 Å². The third kappa shape index (κ3) is 3.34. The molecule has 1 aromatic rings. The van der Waals surface area contributed by atoms with Crippen molar-refractivity contribution < 1.29 is 14.3 Å². The first kappa shape index (κ1) is 14.5. The van der Waals surface area contributed by atoms with Crippen LogP contribution in [0.1, 0.15) is 0 Å². The zero-order chi connectivity index (χ0) is 14.5. The summed E-state index contributed by atoms with van der Waals surface area (Å²) in [6.07, 6.45) is 3.14. The highest BCUT2D eigenvalue weighted by molar-refractivity contribution is 5.93. The van der Waals surface area contributed by atoms with Gasteiger partial charge in [-0.1, -0.05) is 0 Å². The number of hydrogen-bond acceptors (Lipinski definition) is 5. The van der Waals surface area contributed by atoms with Gasteiger partial charge in [0.2, 0.25) is 11.8 Å². The van der Waals surface area contributed by atoms with Gasteiger partial charge in [0.15, 0.2) is 0 Å². The van der Waals surface area contributed by atoms with Gasteiger partial charge in [0.25, 0.3) is 0 Å². The molecule has 0 spiro atoms. The molecule has 0 bridgehead atoms. The molecule has 0 radical (unpaired) electrons. The summed E-state index contributed by atoms with van der Waals surface area (Å²) < 4.78 is 6.76. The monoisotopic (exact) mass is 281 g/mol. The predicted octanol–water partition coefficient (Wildman–Crippen LogP) is -1.20. The third-order valence-corrected chi connectivity index (χ3v) is 3.27. The van der Waals surface area contributed by atoms with Gasteiger partial charge in [0.1, 0.15) is 6.54 Å². The highest BCUT2D eigenvalue weighted by Crippen LogP contribution is 2.16. The summed E-state index contributed by atoms with van der Waals surface area (Å²) in [7, 11) is 3.37. The summed E-state index contributed by atoms with van der Waals surface area (Å²) >= 11 is 0. The van der Waals surface area contributed by atoms with Crippen molar-refractivity contribution in [3.63, 3.8) is 0 Å². The van der Waals surface area contributed by atoms with Crippen LogP contribution in [-0.2, 0) is 20.9 Å². The van der Waals surface area contributed by atoms with E-state index in [-0.39, 0.29) is 30.3 Å². The van der Waals surface area contributed by atoms with E-state index in [1.807, 2.05) is 0 Å². The first-order chi connectivity index (χ1) is 9.63. The van der Waals surface area contributed by atoms with Gasteiger partial charge >= 0.3 is 0 Å². The molecule has 0 aliphatic carbocycles. The van der Waals surface area contributed by atoms with Gasteiger partial charge in [0, 0.05) is 19.3 Å². The van der Waals surface area contributed by atoms with Crippen LogP contribution in [0.4, 0.5) is 5.69 Å². The zero-order valence-electron chi connectivity index (χ0n) is 11.5. The Morgan fingerprint density at radius 3 is 2.95 bits per heavy atom. The number of ether oxygens (including phenoxy) is 1. The number of rotatable bonds is 5. The molecule has 1 fully saturated rings. The molecule has 20 heavy (non-hydrogen) atoms. The number of aromatic nitrogens is 2. The summed E-state index contributed by atoms with van der Waals surface area (Å²) in [6, 6.07) is 0.0240. The predicted molar refractivity (Wildman–Crippen MR) is 72.1 cm³/mol. The van der Waals surface area contributed by atoms with Gasteiger partial charge in [-0.3, -0.25) is 14.3 Å². The van der Waals surface area contributed by atoms with Crippen LogP contribution in [0.5, 0.6) is 0 Å². The second kappa shape index (κ2) is 6.49. The summed E-state index contributed by atoms with van der Waals surface area (Å²) in [5.41, 5.74) is 0.570. The molecule has 1 aliphatic rings. The average Bonchev–Trinajstić information content (AvgIpc) is 3.07. The molecule has 2 heterocycles. The van der Waals surface area contributed by atoms with Crippen LogP contribution in [-0.4, -0.2) is 54.9 Å². The Morgan fingerprint density at radius 2 is 2.25 bits per heavy atom. The van der Waals surface area contributed by atoms with Crippen LogP contribution in [0, 0.1) is 5.92 Å². The molecule has 8 nitrogen and oxygen atoms in total. The van der Waals surface area contributed by atoms with E-state index in [1.54, 1.807) is 20.3 Å². The van der Waals surface area contributed by atoms with Crippen molar-refractivity contribution in [1.29, 1.82) is 0 Å². The van der Waals surface area contributed by atoms with E-state index in [4.69, 9.17) is 4.74 Å². The van der Waals surface area contributed by atoms with Crippen molar-refractivity contribution in [2.24, 2.45) is 5.92 Å². The fourth-order valence-corrected chi connectivity index (χ4v) is 2.07. The molecule has 8 heteroatoms. The number of carbonyl (C=O) groups is 2. The van der Waals surface area contributed by atoms with E-state index >= 15 is 0 Å². The summed E-state index contributed by atoms with van der Waals surface area (Å²) in [5, 5.41) is 12.4. The van der Waals surface area contributed by atoms with Gasteiger partial charge in [0.05, 0.1) is 31.0 Å². The van der Waals surface area contributed by atoms with Crippen molar-refractivity contribution in [1.82, 2.24) is 20.4 Å². The van der Waals surface area contributed by atoms with Gasteiger partial charge in [-0.05, 0) is 7.05 Å². The fraction of sp³-hybridized carbons (Fsp3) is 0.583. The molecule has 110 valence electrons. The Balaban J connectivity index is 1.93. The van der Waals surface area contributed by atoms with Gasteiger partial charge in [-0.15, -0.1) is 0 Å². The smallest absolute Gasteiger partial charge is 0.241 e. The summed E-state index contributed by atoms with van der Waals surface area (Å²) in [5.74, 6) is -0.478. The quantitative estimate of drug-likeness (QED) is 0.630. The number of hydrogen-bond donors (Lipinski definition) is 3. The Hall–Kier alpha value is -1.93. The minimum absolute atomic E-state index is 0.0240. The number of carbonyl (C=O) groups excluding carboxylic acids is 2. The Bertz CT molecular complexity index is 487. The molecular weight excluding hydrogens is 262 g/mol. The van der Waals surface area contributed by atoms with Gasteiger partial charge in [-0.25, -0.2) is 0 Å². The third-order valence-electron chi connectivity index (χ3n) is 3.27. The van der Waals surface area contributed by atoms with E-state index in [1.165, 1.54) is 10.9 Å². The zero-order valence-corrected chi connectivity index (χ0v) is 11.5.